The van der Waals surface area contributed by atoms with Crippen LogP contribution in [0.25, 0.3) is 0 Å². The van der Waals surface area contributed by atoms with E-state index in [9.17, 15) is 19.5 Å². The van der Waals surface area contributed by atoms with Gasteiger partial charge in [0.15, 0.2) is 5.82 Å². The highest BCUT2D eigenvalue weighted by Crippen LogP contribution is 2.39. The van der Waals surface area contributed by atoms with Crippen LogP contribution in [-0.4, -0.2) is 67.8 Å². The van der Waals surface area contributed by atoms with E-state index >= 15 is 0 Å². The summed E-state index contributed by atoms with van der Waals surface area (Å²) in [5.74, 6) is -0.757. The van der Waals surface area contributed by atoms with Gasteiger partial charge in [0.2, 0.25) is 5.91 Å². The molecule has 32 heavy (non-hydrogen) atoms. The molecule has 2 aromatic rings. The summed E-state index contributed by atoms with van der Waals surface area (Å²) in [6, 6.07) is 7.00. The Hall–Kier alpha value is -3.20. The lowest BCUT2D eigenvalue weighted by molar-refractivity contribution is -0.114. The molecule has 2 amide bonds. The molecule has 0 aliphatic carbocycles. The first-order valence-corrected chi connectivity index (χ1v) is 11.0. The number of likely N-dealkylation sites (tertiary alicyclic amines) is 2. The molecule has 0 radical (unpaired) electrons. The van der Waals surface area contributed by atoms with Crippen LogP contribution in [0.2, 0.25) is 0 Å². The van der Waals surface area contributed by atoms with Crippen molar-refractivity contribution in [3.05, 3.63) is 47.2 Å². The number of hydrogen-bond donors (Lipinski definition) is 2. The smallest absolute Gasteiger partial charge is 0.344 e. The molecule has 1 spiro atoms. The highest BCUT2D eigenvalue weighted by atomic mass is 16.4. The van der Waals surface area contributed by atoms with Gasteiger partial charge in [-0.25, -0.2) is 9.59 Å². The topological polar surface area (TPSA) is 108 Å². The molecule has 2 saturated heterocycles. The third kappa shape index (κ3) is 4.38. The quantitative estimate of drug-likeness (QED) is 0.758. The van der Waals surface area contributed by atoms with Gasteiger partial charge in [0.05, 0.1) is 5.56 Å². The summed E-state index contributed by atoms with van der Waals surface area (Å²) in [5, 5.41) is 16.0. The Morgan fingerprint density at radius 1 is 1.12 bits per heavy atom. The summed E-state index contributed by atoms with van der Waals surface area (Å²) in [5.41, 5.74) is 2.31. The number of hydrogen-bond acceptors (Lipinski definition) is 5. The van der Waals surface area contributed by atoms with Crippen LogP contribution in [0.15, 0.2) is 30.5 Å². The van der Waals surface area contributed by atoms with Crippen molar-refractivity contribution in [3.8, 4) is 0 Å². The number of aromatic carboxylic acids is 1. The van der Waals surface area contributed by atoms with Crippen molar-refractivity contribution in [1.82, 2.24) is 19.6 Å². The minimum atomic E-state index is -0.898. The van der Waals surface area contributed by atoms with Crippen LogP contribution in [0.4, 0.5) is 10.6 Å². The molecule has 9 nitrogen and oxygen atoms in total. The van der Waals surface area contributed by atoms with E-state index in [0.717, 1.165) is 49.9 Å². The van der Waals surface area contributed by atoms with Crippen LogP contribution in [0.5, 0.6) is 0 Å². The molecule has 0 saturated carbocycles. The Labute approximate surface area is 187 Å². The van der Waals surface area contributed by atoms with Gasteiger partial charge in [0, 0.05) is 44.4 Å². The highest BCUT2D eigenvalue weighted by molar-refractivity contribution is 5.89. The van der Waals surface area contributed by atoms with Crippen LogP contribution in [0, 0.1) is 6.92 Å². The SMILES string of the molecule is CC(=O)Nc1ccn(C(=O)N2CCC3(CCCN3Cc3ccc(C(=O)O)c(C)c3)CC2)n1. The molecule has 1 aromatic heterocycles. The van der Waals surface area contributed by atoms with E-state index < -0.39 is 5.97 Å². The minimum absolute atomic E-state index is 0.0710. The molecule has 2 N–H and O–H groups in total. The zero-order valence-electron chi connectivity index (χ0n) is 18.5. The highest BCUT2D eigenvalue weighted by Gasteiger charge is 2.43. The van der Waals surface area contributed by atoms with Crippen molar-refractivity contribution in [2.45, 2.75) is 51.6 Å². The van der Waals surface area contributed by atoms with Crippen LogP contribution in [0.1, 0.15) is 54.1 Å². The summed E-state index contributed by atoms with van der Waals surface area (Å²) >= 11 is 0. The fourth-order valence-corrected chi connectivity index (χ4v) is 5.03. The van der Waals surface area contributed by atoms with E-state index in [1.807, 2.05) is 24.0 Å². The number of carbonyl (C=O) groups is 3. The number of carbonyl (C=O) groups excluding carboxylic acids is 2. The van der Waals surface area contributed by atoms with E-state index in [2.05, 4.69) is 15.3 Å². The Morgan fingerprint density at radius 3 is 2.53 bits per heavy atom. The van der Waals surface area contributed by atoms with E-state index in [-0.39, 0.29) is 17.5 Å². The monoisotopic (exact) mass is 439 g/mol. The van der Waals surface area contributed by atoms with Gasteiger partial charge in [0.25, 0.3) is 0 Å². The fraction of sp³-hybridized carbons (Fsp3) is 0.478. The Kier molecular flexibility index (Phi) is 6.01. The minimum Gasteiger partial charge on any atom is -0.478 e. The molecule has 2 aliphatic heterocycles. The Balaban J connectivity index is 1.40. The van der Waals surface area contributed by atoms with E-state index in [4.69, 9.17) is 0 Å². The number of carboxylic acid groups (broad SMARTS) is 1. The second kappa shape index (κ2) is 8.74. The van der Waals surface area contributed by atoms with Crippen molar-refractivity contribution in [3.63, 3.8) is 0 Å². The molecule has 0 atom stereocenters. The lowest BCUT2D eigenvalue weighted by Gasteiger charge is -2.45. The molecular weight excluding hydrogens is 410 g/mol. The van der Waals surface area contributed by atoms with Crippen LogP contribution < -0.4 is 5.32 Å². The molecular formula is C23H29N5O4. The standard InChI is InChI=1S/C23H29N5O4/c1-16-14-18(4-5-19(16)21(30)31)15-27-10-3-7-23(27)8-12-26(13-9-23)22(32)28-11-6-20(25-28)24-17(2)29/h4-6,11,14H,3,7-10,12-13,15H2,1-2H3,(H,30,31)(H,24,25,29). The number of amides is 2. The largest absolute Gasteiger partial charge is 0.478 e. The molecule has 1 aromatic carbocycles. The second-order valence-electron chi connectivity index (χ2n) is 8.80. The predicted octanol–water partition coefficient (Wildman–Crippen LogP) is 2.95. The van der Waals surface area contributed by atoms with Gasteiger partial charge in [-0.15, -0.1) is 5.10 Å². The maximum atomic E-state index is 12.9. The van der Waals surface area contributed by atoms with E-state index in [1.54, 1.807) is 18.3 Å². The first-order valence-electron chi connectivity index (χ1n) is 11.0. The molecule has 170 valence electrons. The number of rotatable bonds is 4. The van der Waals surface area contributed by atoms with Crippen LogP contribution >= 0.6 is 0 Å². The van der Waals surface area contributed by atoms with Crippen molar-refractivity contribution in [1.29, 1.82) is 0 Å². The summed E-state index contributed by atoms with van der Waals surface area (Å²) in [4.78, 5) is 39.6. The van der Waals surface area contributed by atoms with Crippen LogP contribution in [0.3, 0.4) is 0 Å². The number of piperidine rings is 1. The Bertz CT molecular complexity index is 1040. The molecule has 9 heteroatoms. The average Bonchev–Trinajstić information content (AvgIpc) is 3.35. The molecule has 3 heterocycles. The normalized spacial score (nSPS) is 18.1. The second-order valence-corrected chi connectivity index (χ2v) is 8.80. The number of carboxylic acids is 1. The molecule has 2 aliphatic rings. The van der Waals surface area contributed by atoms with Gasteiger partial charge >= 0.3 is 12.0 Å². The number of nitrogens with one attached hydrogen (secondary N) is 1. The van der Waals surface area contributed by atoms with Crippen molar-refractivity contribution in [2.24, 2.45) is 0 Å². The number of benzene rings is 1. The summed E-state index contributed by atoms with van der Waals surface area (Å²) < 4.78 is 1.28. The average molecular weight is 440 g/mol. The lowest BCUT2D eigenvalue weighted by Crippen LogP contribution is -2.53. The molecule has 2 fully saturated rings. The van der Waals surface area contributed by atoms with Crippen LogP contribution in [-0.2, 0) is 11.3 Å². The first kappa shape index (κ1) is 22.0. The number of anilines is 1. The van der Waals surface area contributed by atoms with E-state index in [1.165, 1.54) is 11.6 Å². The zero-order valence-corrected chi connectivity index (χ0v) is 18.5. The van der Waals surface area contributed by atoms with Gasteiger partial charge in [-0.2, -0.15) is 4.68 Å². The zero-order chi connectivity index (χ0) is 22.9. The van der Waals surface area contributed by atoms with Gasteiger partial charge in [-0.1, -0.05) is 12.1 Å². The number of aryl methyl sites for hydroxylation is 1. The fourth-order valence-electron chi connectivity index (χ4n) is 5.03. The van der Waals surface area contributed by atoms with Gasteiger partial charge in [-0.3, -0.25) is 9.69 Å². The van der Waals surface area contributed by atoms with Crippen molar-refractivity contribution in [2.75, 3.05) is 25.0 Å². The maximum absolute atomic E-state index is 12.9. The van der Waals surface area contributed by atoms with Gasteiger partial charge in [-0.05, 0) is 56.3 Å². The third-order valence-electron chi connectivity index (χ3n) is 6.69. The Morgan fingerprint density at radius 2 is 1.88 bits per heavy atom. The predicted molar refractivity (Wildman–Crippen MR) is 119 cm³/mol. The lowest BCUT2D eigenvalue weighted by atomic mass is 9.84. The number of aromatic nitrogens is 2. The third-order valence-corrected chi connectivity index (χ3v) is 6.69. The molecule has 0 unspecified atom stereocenters. The summed E-state index contributed by atoms with van der Waals surface area (Å²) in [6.45, 7) is 6.34. The van der Waals surface area contributed by atoms with Crippen molar-refractivity contribution < 1.29 is 19.5 Å². The maximum Gasteiger partial charge on any atom is 0.344 e. The van der Waals surface area contributed by atoms with Crippen molar-refractivity contribution >= 4 is 23.7 Å². The molecule has 4 rings (SSSR count). The number of nitrogens with zero attached hydrogens (tertiary/aromatic N) is 4. The first-order chi connectivity index (χ1) is 15.3. The van der Waals surface area contributed by atoms with Gasteiger partial charge in [0.1, 0.15) is 0 Å². The van der Waals surface area contributed by atoms with E-state index in [0.29, 0.717) is 24.5 Å². The summed E-state index contributed by atoms with van der Waals surface area (Å²) in [7, 11) is 0. The molecule has 0 bridgehead atoms. The summed E-state index contributed by atoms with van der Waals surface area (Å²) in [6.07, 6.45) is 5.59. The van der Waals surface area contributed by atoms with Gasteiger partial charge < -0.3 is 15.3 Å².